The number of hydrogen-bond acceptors (Lipinski definition) is 4. The molecular weight excluding hydrogens is 308 g/mol. The number of benzene rings is 2. The molecule has 2 rings (SSSR count). The molecule has 0 saturated heterocycles. The maximum absolute atomic E-state index is 13.0. The van der Waals surface area contributed by atoms with Crippen molar-refractivity contribution in [1.82, 2.24) is 0 Å². The van der Waals surface area contributed by atoms with Crippen molar-refractivity contribution in [1.29, 1.82) is 5.26 Å². The first kappa shape index (κ1) is 16.3. The van der Waals surface area contributed by atoms with E-state index in [0.717, 1.165) is 12.1 Å². The van der Waals surface area contributed by atoms with Crippen LogP contribution in [0.25, 0.3) is 0 Å². The first-order valence-corrected chi connectivity index (χ1v) is 7.46. The predicted molar refractivity (Wildman–Crippen MR) is 79.7 cm³/mol. The lowest BCUT2D eigenvalue weighted by Gasteiger charge is -2.12. The molecule has 0 heterocycles. The summed E-state index contributed by atoms with van der Waals surface area (Å²) >= 11 is 1.21. The summed E-state index contributed by atoms with van der Waals surface area (Å²) in [5.74, 6) is -0.959. The third-order valence-electron chi connectivity index (χ3n) is 2.76. The number of nitriles is 1. The summed E-state index contributed by atoms with van der Waals surface area (Å²) < 4.78 is 31.2. The number of aliphatic hydroxyl groups is 1. The van der Waals surface area contributed by atoms with Gasteiger partial charge in [-0.15, -0.1) is 11.8 Å². The molecule has 0 bridgehead atoms. The highest BCUT2D eigenvalue weighted by molar-refractivity contribution is 7.99. The summed E-state index contributed by atoms with van der Waals surface area (Å²) in [6.07, 6.45) is -0.756. The van der Waals surface area contributed by atoms with Gasteiger partial charge in [0.25, 0.3) is 0 Å². The lowest BCUT2D eigenvalue weighted by molar-refractivity contribution is 0.126. The summed E-state index contributed by atoms with van der Waals surface area (Å²) in [7, 11) is 0. The predicted octanol–water partition coefficient (Wildman–Crippen LogP) is 3.37. The van der Waals surface area contributed by atoms with Crippen molar-refractivity contribution in [3.8, 4) is 11.8 Å². The Morgan fingerprint density at radius 3 is 2.50 bits per heavy atom. The summed E-state index contributed by atoms with van der Waals surface area (Å²) in [6.45, 7) is 0.0720. The van der Waals surface area contributed by atoms with Gasteiger partial charge in [0.1, 0.15) is 12.4 Å². The van der Waals surface area contributed by atoms with Crippen LogP contribution >= 0.6 is 11.8 Å². The fraction of sp³-hybridized carbons (Fsp3) is 0.188. The summed E-state index contributed by atoms with van der Waals surface area (Å²) in [4.78, 5) is 0.538. The number of hydrogen-bond donors (Lipinski definition) is 1. The topological polar surface area (TPSA) is 53.2 Å². The minimum Gasteiger partial charge on any atom is -0.491 e. The van der Waals surface area contributed by atoms with Crippen molar-refractivity contribution in [2.75, 3.05) is 12.4 Å². The van der Waals surface area contributed by atoms with Crippen LogP contribution in [0, 0.1) is 23.0 Å². The quantitative estimate of drug-likeness (QED) is 0.829. The average Bonchev–Trinajstić information content (AvgIpc) is 2.54. The van der Waals surface area contributed by atoms with E-state index >= 15 is 0 Å². The van der Waals surface area contributed by atoms with Crippen LogP contribution in [-0.4, -0.2) is 23.6 Å². The molecule has 0 aliphatic heterocycles. The van der Waals surface area contributed by atoms with E-state index in [0.29, 0.717) is 22.0 Å². The highest BCUT2D eigenvalue weighted by Crippen LogP contribution is 2.21. The van der Waals surface area contributed by atoms with Gasteiger partial charge in [-0.1, -0.05) is 0 Å². The minimum atomic E-state index is -0.909. The van der Waals surface area contributed by atoms with Crippen LogP contribution in [0.2, 0.25) is 0 Å². The maximum atomic E-state index is 13.0. The molecule has 1 N–H and O–H groups in total. The molecule has 114 valence electrons. The fourth-order valence-electron chi connectivity index (χ4n) is 1.63. The van der Waals surface area contributed by atoms with E-state index in [1.165, 1.54) is 17.8 Å². The van der Waals surface area contributed by atoms with Crippen LogP contribution in [-0.2, 0) is 0 Å². The summed E-state index contributed by atoms with van der Waals surface area (Å²) in [5, 5.41) is 18.5. The molecule has 0 radical (unpaired) electrons. The van der Waals surface area contributed by atoms with Crippen molar-refractivity contribution >= 4 is 11.8 Å². The van der Waals surface area contributed by atoms with Gasteiger partial charge in [0.05, 0.1) is 17.7 Å². The Morgan fingerprint density at radius 2 is 1.86 bits per heavy atom. The van der Waals surface area contributed by atoms with E-state index in [2.05, 4.69) is 0 Å². The molecule has 6 heteroatoms. The van der Waals surface area contributed by atoms with Crippen LogP contribution in [0.3, 0.4) is 0 Å². The summed E-state index contributed by atoms with van der Waals surface area (Å²) in [5.41, 5.74) is 0.529. The Bertz CT molecular complexity index is 671. The van der Waals surface area contributed by atoms with Gasteiger partial charge in [-0.05, 0) is 42.5 Å². The van der Waals surface area contributed by atoms with E-state index in [9.17, 15) is 13.9 Å². The average molecular weight is 321 g/mol. The molecule has 1 atom stereocenters. The number of thioether (sulfide) groups is 1. The van der Waals surface area contributed by atoms with Crippen molar-refractivity contribution in [2.24, 2.45) is 0 Å². The Morgan fingerprint density at radius 1 is 1.14 bits per heavy atom. The molecule has 2 aromatic carbocycles. The Hall–Kier alpha value is -2.10. The number of nitrogens with zero attached hydrogens (tertiary/aromatic N) is 1. The Kier molecular flexibility index (Phi) is 5.75. The van der Waals surface area contributed by atoms with Gasteiger partial charge >= 0.3 is 0 Å². The zero-order valence-corrected chi connectivity index (χ0v) is 12.3. The van der Waals surface area contributed by atoms with Crippen molar-refractivity contribution in [3.63, 3.8) is 0 Å². The van der Waals surface area contributed by atoms with Crippen LogP contribution in [0.5, 0.6) is 5.75 Å². The normalized spacial score (nSPS) is 11.7. The smallest absolute Gasteiger partial charge is 0.159 e. The van der Waals surface area contributed by atoms with E-state index < -0.39 is 17.7 Å². The molecule has 0 saturated carbocycles. The lowest BCUT2D eigenvalue weighted by atomic mass is 10.2. The zero-order valence-electron chi connectivity index (χ0n) is 11.5. The molecule has 1 unspecified atom stereocenters. The van der Waals surface area contributed by atoms with Crippen LogP contribution in [0.15, 0.2) is 47.4 Å². The number of rotatable bonds is 6. The fourth-order valence-corrected chi connectivity index (χ4v) is 2.46. The molecule has 0 aliphatic rings. The van der Waals surface area contributed by atoms with Crippen molar-refractivity contribution in [3.05, 3.63) is 59.7 Å². The molecule has 3 nitrogen and oxygen atoms in total. The molecule has 0 aliphatic carbocycles. The second-order valence-corrected chi connectivity index (χ2v) is 5.58. The highest BCUT2D eigenvalue weighted by atomic mass is 32.2. The molecule has 2 aromatic rings. The van der Waals surface area contributed by atoms with Crippen LogP contribution in [0.1, 0.15) is 5.56 Å². The largest absolute Gasteiger partial charge is 0.491 e. The molecular formula is C16H13F2NO2S. The van der Waals surface area contributed by atoms with Gasteiger partial charge in [-0.25, -0.2) is 8.78 Å². The van der Waals surface area contributed by atoms with E-state index in [1.54, 1.807) is 24.3 Å². The van der Waals surface area contributed by atoms with E-state index in [1.807, 2.05) is 6.07 Å². The van der Waals surface area contributed by atoms with Crippen molar-refractivity contribution < 1.29 is 18.6 Å². The summed E-state index contributed by atoms with van der Waals surface area (Å²) in [6, 6.07) is 12.1. The maximum Gasteiger partial charge on any atom is 0.159 e. The van der Waals surface area contributed by atoms with Gasteiger partial charge < -0.3 is 9.84 Å². The van der Waals surface area contributed by atoms with Crippen LogP contribution < -0.4 is 4.74 Å². The molecule has 0 aromatic heterocycles. The molecule has 0 spiro atoms. The second kappa shape index (κ2) is 7.78. The first-order chi connectivity index (χ1) is 10.6. The molecule has 22 heavy (non-hydrogen) atoms. The number of aliphatic hydroxyl groups excluding tert-OH is 1. The zero-order chi connectivity index (χ0) is 15.9. The Balaban J connectivity index is 1.78. The van der Waals surface area contributed by atoms with E-state index in [4.69, 9.17) is 10.00 Å². The van der Waals surface area contributed by atoms with Gasteiger partial charge in [-0.3, -0.25) is 0 Å². The first-order valence-electron chi connectivity index (χ1n) is 6.47. The third kappa shape index (κ3) is 4.72. The lowest BCUT2D eigenvalue weighted by Crippen LogP contribution is -2.20. The van der Waals surface area contributed by atoms with Gasteiger partial charge in [-0.2, -0.15) is 5.26 Å². The number of halogens is 2. The monoisotopic (exact) mass is 321 g/mol. The molecule has 0 fully saturated rings. The third-order valence-corrected chi connectivity index (χ3v) is 3.90. The second-order valence-electron chi connectivity index (χ2n) is 4.49. The SMILES string of the molecule is N#Cc1ccc(OCC(O)CSc2ccc(F)c(F)c2)cc1. The van der Waals surface area contributed by atoms with Gasteiger partial charge in [0.2, 0.25) is 0 Å². The van der Waals surface area contributed by atoms with Crippen molar-refractivity contribution in [2.45, 2.75) is 11.0 Å². The minimum absolute atomic E-state index is 0.0720. The van der Waals surface area contributed by atoms with E-state index in [-0.39, 0.29) is 6.61 Å². The van der Waals surface area contributed by atoms with Gasteiger partial charge in [0.15, 0.2) is 11.6 Å². The number of ether oxygens (including phenoxy) is 1. The Labute approximate surface area is 131 Å². The standard InChI is InChI=1S/C16H13F2NO2S/c17-15-6-5-14(7-16(15)18)22-10-12(20)9-21-13-3-1-11(8-19)2-4-13/h1-7,12,20H,9-10H2. The van der Waals surface area contributed by atoms with Gasteiger partial charge in [0, 0.05) is 10.6 Å². The highest BCUT2D eigenvalue weighted by Gasteiger charge is 2.08. The molecule has 0 amide bonds. The van der Waals surface area contributed by atoms with Crippen LogP contribution in [0.4, 0.5) is 8.78 Å².